The third-order valence-electron chi connectivity index (χ3n) is 7.70. The number of hydrogen-bond donors (Lipinski definition) is 3. The summed E-state index contributed by atoms with van der Waals surface area (Å²) >= 11 is 5.96. The second kappa shape index (κ2) is 18.9. The number of H-pyrrole nitrogens is 1. The van der Waals surface area contributed by atoms with E-state index in [1.807, 2.05) is 0 Å². The molecule has 1 radical (unpaired) electrons. The Balaban J connectivity index is 0.000000301. The normalized spacial score (nSPS) is 11.8. The van der Waals surface area contributed by atoms with Gasteiger partial charge in [0.05, 0.1) is 38.2 Å². The first-order valence-electron chi connectivity index (χ1n) is 15.8. The Bertz CT molecular complexity index is 2860. The molecule has 5 N–H and O–H groups in total. The number of nitrogens with zero attached hydrogens (tertiary/aromatic N) is 6. The maximum atomic E-state index is 12.6. The minimum atomic E-state index is -3.56. The van der Waals surface area contributed by atoms with Gasteiger partial charge in [0.2, 0.25) is 0 Å². The van der Waals surface area contributed by atoms with E-state index in [4.69, 9.17) is 11.6 Å². The number of aromatic hydroxyl groups is 1. The van der Waals surface area contributed by atoms with Crippen molar-refractivity contribution in [3.63, 3.8) is 0 Å². The summed E-state index contributed by atoms with van der Waals surface area (Å²) in [4.78, 5) is 16.3. The summed E-state index contributed by atoms with van der Waals surface area (Å²) in [6.07, 6.45) is 1.18. The molecule has 58 heavy (non-hydrogen) atoms. The van der Waals surface area contributed by atoms with E-state index in [2.05, 4.69) is 35.3 Å². The number of aromatic nitrogens is 2. The molecule has 0 fully saturated rings. The molecule has 0 aliphatic rings. The van der Waals surface area contributed by atoms with Gasteiger partial charge in [0.1, 0.15) is 11.4 Å². The van der Waals surface area contributed by atoms with Crippen molar-refractivity contribution < 1.29 is 59.4 Å². The molecule has 0 saturated heterocycles. The Morgan fingerprint density at radius 1 is 0.776 bits per heavy atom. The van der Waals surface area contributed by atoms with Crippen molar-refractivity contribution in [2.75, 3.05) is 19.6 Å². The van der Waals surface area contributed by atoms with Crippen LogP contribution in [-0.4, -0.2) is 57.4 Å². The number of aryl methyl sites for hydroxylation is 1. The molecule has 0 amide bonds. The number of fused-ring (bicyclic) bond motifs is 1. The average Bonchev–Trinajstić information content (AvgIpc) is 3.42. The van der Waals surface area contributed by atoms with Gasteiger partial charge < -0.3 is 31.3 Å². The Kier molecular flexibility index (Phi) is 15.1. The van der Waals surface area contributed by atoms with Crippen molar-refractivity contribution >= 4 is 76.6 Å². The van der Waals surface area contributed by atoms with Gasteiger partial charge in [-0.25, -0.2) is 26.5 Å². The standard InChI is InChI=1S/C19H17N3O6S.C17H15ClN4O4S.Cr.H3N/c1-28-19(25)20-13-5-3-4-11-6-8-16(24)18(17(11)13)22-21-14-10-12(29(2,26)27)7-9-15(14)23;1-10-16(17(24)22(21-10)12-5-3-4-11(18)8-12)20-19-14-9-13(27(2,25)26)6-7-15(14)23;;/h3-10,23-24H,1-2H3,(H,20,25);3-9,21,23H,1-2H3;;1H3/q;;+3;/p-3. The fourth-order valence-electron chi connectivity index (χ4n) is 4.94. The number of phenolic OH excluding ortho intramolecular Hbond substituents is 1. The van der Waals surface area contributed by atoms with Crippen LogP contribution in [0.1, 0.15) is 5.69 Å². The third-order valence-corrected chi connectivity index (χ3v) is 10.2. The molecule has 5 aromatic carbocycles. The first kappa shape index (κ1) is 46.3. The van der Waals surface area contributed by atoms with Crippen molar-refractivity contribution in [2.45, 2.75) is 16.7 Å². The summed E-state index contributed by atoms with van der Waals surface area (Å²) in [6, 6.07) is 21.3. The van der Waals surface area contributed by atoms with E-state index in [0.29, 0.717) is 21.8 Å². The molecule has 1 aromatic heterocycles. The molecular weight excluding hydrogens is 856 g/mol. The van der Waals surface area contributed by atoms with E-state index >= 15 is 0 Å². The summed E-state index contributed by atoms with van der Waals surface area (Å²) in [5.74, 6) is -1.33. The molecule has 0 aliphatic heterocycles. The van der Waals surface area contributed by atoms with Crippen LogP contribution in [0, 0.1) is 6.92 Å². The average molecular weight is 888 g/mol. The van der Waals surface area contributed by atoms with Gasteiger partial charge in [0.15, 0.2) is 31.4 Å². The zero-order valence-corrected chi connectivity index (χ0v) is 34.4. The summed E-state index contributed by atoms with van der Waals surface area (Å²) in [5.41, 5.74) is 0.236. The number of rotatable bonds is 8. The van der Waals surface area contributed by atoms with Gasteiger partial charge in [-0.05, 0) is 74.0 Å². The van der Waals surface area contributed by atoms with Crippen molar-refractivity contribution in [3.8, 4) is 22.9 Å². The topological polar surface area (TPSA) is 302 Å². The Hall–Kier alpha value is -6.08. The quantitative estimate of drug-likeness (QED) is 0.0958. The van der Waals surface area contributed by atoms with Crippen LogP contribution in [0.5, 0.6) is 17.2 Å². The zero-order chi connectivity index (χ0) is 40.9. The zero-order valence-electron chi connectivity index (χ0n) is 30.8. The van der Waals surface area contributed by atoms with Crippen LogP contribution in [0.25, 0.3) is 16.5 Å². The maximum Gasteiger partial charge on any atom is 3.00 e. The number of phenols is 1. The van der Waals surface area contributed by atoms with Gasteiger partial charge in [0, 0.05) is 22.9 Å². The van der Waals surface area contributed by atoms with Crippen LogP contribution < -0.4 is 27.0 Å². The summed E-state index contributed by atoms with van der Waals surface area (Å²) < 4.78 is 52.5. The number of benzene rings is 5. The predicted octanol–water partition coefficient (Wildman–Crippen LogP) is 5.61. The van der Waals surface area contributed by atoms with Crippen molar-refractivity contribution in [1.82, 2.24) is 15.9 Å². The van der Waals surface area contributed by atoms with Crippen molar-refractivity contribution in [2.24, 2.45) is 25.4 Å². The number of sulfone groups is 2. The van der Waals surface area contributed by atoms with Crippen molar-refractivity contribution in [1.29, 1.82) is 0 Å². The summed E-state index contributed by atoms with van der Waals surface area (Å²) in [5, 5.41) is 65.4. The first-order valence-corrected chi connectivity index (χ1v) is 20.0. The van der Waals surface area contributed by atoms with Crippen LogP contribution in [0.2, 0.25) is 5.02 Å². The predicted molar refractivity (Wildman–Crippen MR) is 207 cm³/mol. The molecule has 6 aromatic rings. The molecule has 0 aliphatic carbocycles. The van der Waals surface area contributed by atoms with Crippen LogP contribution in [0.15, 0.2) is 131 Å². The van der Waals surface area contributed by atoms with Gasteiger partial charge in [-0.1, -0.05) is 59.5 Å². The van der Waals surface area contributed by atoms with Crippen LogP contribution in [0.4, 0.5) is 28.4 Å². The van der Waals surface area contributed by atoms with E-state index < -0.39 is 42.8 Å². The molecule has 0 bridgehead atoms. The van der Waals surface area contributed by atoms with Crippen LogP contribution in [-0.2, 0) is 41.8 Å². The SMILES string of the molecule is COC([O-])=Nc1cccc2ccc([O-])c(N=Nc3cc(S(C)(=O)=O)ccc3[O-])c12.Cc1[nH]n(-c2cccc(Cl)c2)c(=O)c1N=Nc1cc(S(C)(=O)=O)ccc1O.N.[Cr+3]. The molecule has 0 spiro atoms. The van der Waals surface area contributed by atoms with Gasteiger partial charge >= 0.3 is 17.4 Å². The summed E-state index contributed by atoms with van der Waals surface area (Å²) in [6.45, 7) is 1.64. The molecule has 0 atom stereocenters. The van der Waals surface area contributed by atoms with Gasteiger partial charge in [0.25, 0.3) is 5.56 Å². The van der Waals surface area contributed by atoms with Gasteiger partial charge in [-0.2, -0.15) is 10.2 Å². The number of halogens is 1. The van der Waals surface area contributed by atoms with E-state index in [1.165, 1.54) is 54.3 Å². The largest absolute Gasteiger partial charge is 3.00 e. The van der Waals surface area contributed by atoms with E-state index in [1.54, 1.807) is 43.3 Å². The second-order valence-electron chi connectivity index (χ2n) is 11.8. The molecule has 301 valence electrons. The smallest absolute Gasteiger partial charge is 0.871 e. The minimum absolute atomic E-state index is 0. The van der Waals surface area contributed by atoms with Crippen LogP contribution in [0.3, 0.4) is 0 Å². The van der Waals surface area contributed by atoms with Crippen LogP contribution >= 0.6 is 11.6 Å². The molecule has 18 nitrogen and oxygen atoms in total. The number of aromatic amines is 1. The fraction of sp³-hybridized carbons (Fsp3) is 0.111. The fourth-order valence-corrected chi connectivity index (χ4v) is 6.41. The van der Waals surface area contributed by atoms with Gasteiger partial charge in [-0.15, -0.1) is 10.2 Å². The number of aliphatic imine (C=N–C) groups is 1. The number of nitrogens with one attached hydrogen (secondary N) is 1. The minimum Gasteiger partial charge on any atom is -0.871 e. The van der Waals surface area contributed by atoms with Gasteiger partial charge in [-0.3, -0.25) is 9.89 Å². The van der Waals surface area contributed by atoms with E-state index in [9.17, 15) is 42.1 Å². The molecular formula is C36H32ClCrN8O10S2. The Morgan fingerprint density at radius 3 is 2.00 bits per heavy atom. The molecule has 6 rings (SSSR count). The van der Waals surface area contributed by atoms with Crippen molar-refractivity contribution in [3.05, 3.63) is 112 Å². The molecule has 1 heterocycles. The number of azo groups is 2. The monoisotopic (exact) mass is 887 g/mol. The third kappa shape index (κ3) is 10.9. The number of methoxy groups -OCH3 is 1. The second-order valence-corrected chi connectivity index (χ2v) is 16.3. The Labute approximate surface area is 347 Å². The Morgan fingerprint density at radius 2 is 1.36 bits per heavy atom. The summed E-state index contributed by atoms with van der Waals surface area (Å²) in [7, 11) is -5.87. The van der Waals surface area contributed by atoms with E-state index in [-0.39, 0.29) is 72.9 Å². The molecule has 0 saturated carbocycles. The molecule has 22 heteroatoms. The number of ether oxygens (including phenoxy) is 1. The first-order chi connectivity index (χ1) is 26.4. The van der Waals surface area contributed by atoms with E-state index in [0.717, 1.165) is 24.6 Å². The molecule has 0 unspecified atom stereocenters. The maximum absolute atomic E-state index is 12.6. The number of hydrogen-bond acceptors (Lipinski definition) is 16.